The van der Waals surface area contributed by atoms with Crippen LogP contribution in [0.25, 0.3) is 17.0 Å². The number of oxazole rings is 1. The Labute approximate surface area is 137 Å². The Balaban J connectivity index is 1.41. The minimum atomic E-state index is 0.261. The molecule has 0 spiro atoms. The molecule has 0 fully saturated rings. The summed E-state index contributed by atoms with van der Waals surface area (Å²) in [6.07, 6.45) is 3.24. The molecule has 0 saturated heterocycles. The summed E-state index contributed by atoms with van der Waals surface area (Å²) in [7, 11) is 0. The van der Waals surface area contributed by atoms with Crippen LogP contribution >= 0.6 is 0 Å². The zero-order chi connectivity index (χ0) is 16.2. The smallest absolute Gasteiger partial charge is 0.232 e. The molecule has 0 amide bonds. The van der Waals surface area contributed by atoms with Crippen molar-refractivity contribution in [2.75, 3.05) is 0 Å². The third-order valence-electron chi connectivity index (χ3n) is 3.42. The number of ether oxygens (including phenoxy) is 1. The van der Waals surface area contributed by atoms with E-state index in [9.17, 15) is 0 Å². The zero-order valence-electron chi connectivity index (χ0n) is 12.6. The van der Waals surface area contributed by atoms with Gasteiger partial charge in [-0.05, 0) is 34.7 Å². The monoisotopic (exact) mass is 319 g/mol. The average molecular weight is 319 g/mol. The van der Waals surface area contributed by atoms with Gasteiger partial charge in [-0.2, -0.15) is 0 Å². The number of tetrazole rings is 1. The fourth-order valence-electron chi connectivity index (χ4n) is 2.23. The molecular formula is C17H13N5O2. The van der Waals surface area contributed by atoms with Crippen molar-refractivity contribution in [3.05, 3.63) is 73.0 Å². The Morgan fingerprint density at radius 1 is 1.00 bits per heavy atom. The molecule has 2 aromatic heterocycles. The number of aromatic nitrogens is 5. The van der Waals surface area contributed by atoms with Gasteiger partial charge >= 0.3 is 0 Å². The molecule has 2 heterocycles. The SMILES string of the molecule is c1ccc(-c2cnc(COc3ccc(-n4cnnn4)cc3)o2)cc1. The number of rotatable bonds is 5. The number of nitrogens with zero attached hydrogens (tertiary/aromatic N) is 5. The lowest BCUT2D eigenvalue weighted by molar-refractivity contribution is 0.264. The van der Waals surface area contributed by atoms with Crippen molar-refractivity contribution in [1.82, 2.24) is 25.2 Å². The van der Waals surface area contributed by atoms with Crippen molar-refractivity contribution >= 4 is 0 Å². The predicted octanol–water partition coefficient (Wildman–Crippen LogP) is 2.90. The summed E-state index contributed by atoms with van der Waals surface area (Å²) >= 11 is 0. The van der Waals surface area contributed by atoms with E-state index in [-0.39, 0.29) is 6.61 Å². The molecule has 4 rings (SSSR count). The molecule has 2 aromatic carbocycles. The fourth-order valence-corrected chi connectivity index (χ4v) is 2.23. The van der Waals surface area contributed by atoms with E-state index in [0.717, 1.165) is 17.0 Å². The maximum atomic E-state index is 5.71. The molecule has 118 valence electrons. The first-order chi connectivity index (χ1) is 11.9. The first kappa shape index (κ1) is 14.1. The summed E-state index contributed by atoms with van der Waals surface area (Å²) < 4.78 is 13.0. The maximum Gasteiger partial charge on any atom is 0.232 e. The molecular weight excluding hydrogens is 306 g/mol. The quantitative estimate of drug-likeness (QED) is 0.563. The second-order valence-corrected chi connectivity index (χ2v) is 5.02. The van der Waals surface area contributed by atoms with Crippen LogP contribution in [0.15, 0.2) is 71.5 Å². The molecule has 4 aromatic rings. The van der Waals surface area contributed by atoms with E-state index in [2.05, 4.69) is 20.5 Å². The first-order valence-electron chi connectivity index (χ1n) is 7.35. The van der Waals surface area contributed by atoms with Crippen molar-refractivity contribution in [3.63, 3.8) is 0 Å². The topological polar surface area (TPSA) is 78.9 Å². The highest BCUT2D eigenvalue weighted by Crippen LogP contribution is 2.21. The van der Waals surface area contributed by atoms with Crippen LogP contribution < -0.4 is 4.74 Å². The second-order valence-electron chi connectivity index (χ2n) is 5.02. The predicted molar refractivity (Wildman–Crippen MR) is 85.4 cm³/mol. The highest BCUT2D eigenvalue weighted by Gasteiger charge is 2.07. The van der Waals surface area contributed by atoms with E-state index in [0.29, 0.717) is 11.6 Å². The Kier molecular flexibility index (Phi) is 3.73. The van der Waals surface area contributed by atoms with Crippen LogP contribution in [0, 0.1) is 0 Å². The summed E-state index contributed by atoms with van der Waals surface area (Å²) in [5.41, 5.74) is 1.84. The highest BCUT2D eigenvalue weighted by molar-refractivity contribution is 5.55. The van der Waals surface area contributed by atoms with Gasteiger partial charge in [0.05, 0.1) is 11.9 Å². The Hall–Kier alpha value is -3.48. The van der Waals surface area contributed by atoms with Gasteiger partial charge in [-0.15, -0.1) is 5.10 Å². The lowest BCUT2D eigenvalue weighted by Crippen LogP contribution is -1.97. The van der Waals surface area contributed by atoms with Gasteiger partial charge in [0, 0.05) is 5.56 Å². The zero-order valence-corrected chi connectivity index (χ0v) is 12.6. The van der Waals surface area contributed by atoms with Gasteiger partial charge in [0.25, 0.3) is 0 Å². The molecule has 0 aliphatic heterocycles. The molecule has 0 atom stereocenters. The summed E-state index contributed by atoms with van der Waals surface area (Å²) in [6, 6.07) is 17.3. The Morgan fingerprint density at radius 3 is 2.58 bits per heavy atom. The van der Waals surface area contributed by atoms with E-state index < -0.39 is 0 Å². The van der Waals surface area contributed by atoms with E-state index >= 15 is 0 Å². The minimum absolute atomic E-state index is 0.261. The molecule has 0 aliphatic rings. The van der Waals surface area contributed by atoms with Crippen molar-refractivity contribution in [2.24, 2.45) is 0 Å². The first-order valence-corrected chi connectivity index (χ1v) is 7.35. The number of benzene rings is 2. The lowest BCUT2D eigenvalue weighted by Gasteiger charge is -2.04. The average Bonchev–Trinajstić information content (AvgIpc) is 3.33. The van der Waals surface area contributed by atoms with Crippen LogP contribution in [0.5, 0.6) is 5.75 Å². The van der Waals surface area contributed by atoms with E-state index in [1.807, 2.05) is 54.6 Å². The standard InChI is InChI=1S/C17H13N5O2/c1-2-4-13(5-3-1)16-10-18-17(24-16)11-23-15-8-6-14(7-9-15)22-12-19-20-21-22/h1-10,12H,11H2. The van der Waals surface area contributed by atoms with Crippen molar-refractivity contribution in [2.45, 2.75) is 6.61 Å². The van der Waals surface area contributed by atoms with Gasteiger partial charge in [-0.25, -0.2) is 9.67 Å². The molecule has 0 N–H and O–H groups in total. The highest BCUT2D eigenvalue weighted by atomic mass is 16.5. The molecule has 0 saturated carbocycles. The van der Waals surface area contributed by atoms with Crippen LogP contribution in [-0.4, -0.2) is 25.2 Å². The minimum Gasteiger partial charge on any atom is -0.484 e. The molecule has 7 nitrogen and oxygen atoms in total. The third kappa shape index (κ3) is 3.00. The molecule has 0 unspecified atom stereocenters. The van der Waals surface area contributed by atoms with Crippen LogP contribution in [0.4, 0.5) is 0 Å². The van der Waals surface area contributed by atoms with E-state index in [1.54, 1.807) is 10.9 Å². The lowest BCUT2D eigenvalue weighted by atomic mass is 10.2. The van der Waals surface area contributed by atoms with Gasteiger partial charge in [-0.3, -0.25) is 0 Å². The van der Waals surface area contributed by atoms with Crippen LogP contribution in [0.2, 0.25) is 0 Å². The van der Waals surface area contributed by atoms with Crippen LogP contribution in [0.1, 0.15) is 5.89 Å². The van der Waals surface area contributed by atoms with Crippen molar-refractivity contribution in [3.8, 4) is 22.8 Å². The second kappa shape index (κ2) is 6.33. The molecule has 7 heteroatoms. The maximum absolute atomic E-state index is 5.71. The Bertz CT molecular complexity index is 902. The van der Waals surface area contributed by atoms with Gasteiger partial charge in [-0.1, -0.05) is 30.3 Å². The molecule has 0 bridgehead atoms. The van der Waals surface area contributed by atoms with Crippen molar-refractivity contribution in [1.29, 1.82) is 0 Å². The molecule has 0 radical (unpaired) electrons. The van der Waals surface area contributed by atoms with Gasteiger partial charge in [0.15, 0.2) is 12.4 Å². The summed E-state index contributed by atoms with van der Waals surface area (Å²) in [6.45, 7) is 0.261. The summed E-state index contributed by atoms with van der Waals surface area (Å²) in [5, 5.41) is 11.0. The van der Waals surface area contributed by atoms with Crippen molar-refractivity contribution < 1.29 is 9.15 Å². The number of hydrogen-bond donors (Lipinski definition) is 0. The molecule has 0 aliphatic carbocycles. The largest absolute Gasteiger partial charge is 0.484 e. The number of hydrogen-bond acceptors (Lipinski definition) is 6. The Morgan fingerprint density at radius 2 is 1.83 bits per heavy atom. The van der Waals surface area contributed by atoms with Crippen LogP contribution in [-0.2, 0) is 6.61 Å². The van der Waals surface area contributed by atoms with E-state index in [1.165, 1.54) is 6.33 Å². The van der Waals surface area contributed by atoms with Gasteiger partial charge < -0.3 is 9.15 Å². The summed E-state index contributed by atoms with van der Waals surface area (Å²) in [4.78, 5) is 4.24. The third-order valence-corrected chi connectivity index (χ3v) is 3.42. The van der Waals surface area contributed by atoms with E-state index in [4.69, 9.17) is 9.15 Å². The van der Waals surface area contributed by atoms with Gasteiger partial charge in [0.2, 0.25) is 5.89 Å². The molecule has 24 heavy (non-hydrogen) atoms. The summed E-state index contributed by atoms with van der Waals surface area (Å²) in [5.74, 6) is 1.97. The van der Waals surface area contributed by atoms with Crippen LogP contribution in [0.3, 0.4) is 0 Å². The fraction of sp³-hybridized carbons (Fsp3) is 0.0588. The van der Waals surface area contributed by atoms with Gasteiger partial charge in [0.1, 0.15) is 12.1 Å². The normalized spacial score (nSPS) is 10.7.